The van der Waals surface area contributed by atoms with Crippen LogP contribution in [0.4, 0.5) is 0 Å². The minimum Gasteiger partial charge on any atom is -0.348 e. The van der Waals surface area contributed by atoms with Crippen LogP contribution in [-0.2, 0) is 35.0 Å². The van der Waals surface area contributed by atoms with Crippen molar-refractivity contribution in [1.82, 2.24) is 4.90 Å². The van der Waals surface area contributed by atoms with Crippen LogP contribution in [0.5, 0.6) is 0 Å². The fourth-order valence-electron chi connectivity index (χ4n) is 2.35. The van der Waals surface area contributed by atoms with Gasteiger partial charge in [-0.3, -0.25) is 14.5 Å². The van der Waals surface area contributed by atoms with Gasteiger partial charge >= 0.3 is 0 Å². The van der Waals surface area contributed by atoms with E-state index in [2.05, 4.69) is 12.0 Å². The van der Waals surface area contributed by atoms with Crippen LogP contribution in [-0.4, -0.2) is 63.7 Å². The zero-order valence-corrected chi connectivity index (χ0v) is 17.3. The van der Waals surface area contributed by atoms with Crippen molar-refractivity contribution in [3.8, 4) is 12.0 Å². The Hall–Kier alpha value is -2.50. The van der Waals surface area contributed by atoms with Crippen LogP contribution in [0.15, 0.2) is 42.0 Å². The maximum absolute atomic E-state index is 12.7. The molecule has 0 aliphatic rings. The Balaban J connectivity index is 3.03. The second-order valence-electron chi connectivity index (χ2n) is 5.74. The van der Waals surface area contributed by atoms with Gasteiger partial charge in [0, 0.05) is 45.5 Å². The van der Waals surface area contributed by atoms with Crippen molar-refractivity contribution < 1.29 is 28.5 Å². The molecule has 7 nitrogen and oxygen atoms in total. The van der Waals surface area contributed by atoms with Crippen molar-refractivity contribution in [2.24, 2.45) is 0 Å². The summed E-state index contributed by atoms with van der Waals surface area (Å²) in [5.41, 5.74) is 1.37. The third-order valence-electron chi connectivity index (χ3n) is 3.74. The van der Waals surface area contributed by atoms with E-state index in [0.29, 0.717) is 25.2 Å². The van der Waals surface area contributed by atoms with E-state index in [9.17, 15) is 9.59 Å². The Bertz CT molecular complexity index is 697. The van der Waals surface area contributed by atoms with Gasteiger partial charge in [-0.05, 0) is 25.3 Å². The molecule has 0 bridgehead atoms. The Morgan fingerprint density at radius 2 is 1.72 bits per heavy atom. The van der Waals surface area contributed by atoms with E-state index in [0.717, 1.165) is 5.56 Å². The zero-order chi connectivity index (χ0) is 21.5. The molecule has 0 aliphatic heterocycles. The number of allylic oxidation sites excluding steroid dienone is 1. The minimum atomic E-state index is -1.12. The minimum absolute atomic E-state index is 0.0530. The maximum atomic E-state index is 12.7. The molecule has 0 atom stereocenters. The SMILES string of the molecule is CCOC(C#CN(C/C=C(/[C]=O)Cc1ccccc1)C(=O)C(OC)OC)OCC. The molecule has 0 fully saturated rings. The molecular formula is C22H28NO6. The number of hydrogen-bond donors (Lipinski definition) is 0. The number of nitrogens with zero attached hydrogens (tertiary/aromatic N) is 1. The van der Waals surface area contributed by atoms with Gasteiger partial charge in [-0.1, -0.05) is 36.4 Å². The highest BCUT2D eigenvalue weighted by molar-refractivity contribution is 5.82. The van der Waals surface area contributed by atoms with Crippen LogP contribution in [0, 0.1) is 12.0 Å². The number of rotatable bonds is 12. The lowest BCUT2D eigenvalue weighted by Gasteiger charge is -2.20. The van der Waals surface area contributed by atoms with Crippen molar-refractivity contribution in [3.05, 3.63) is 47.5 Å². The second-order valence-corrected chi connectivity index (χ2v) is 5.74. The normalized spacial score (nSPS) is 11.3. The molecule has 0 spiro atoms. The van der Waals surface area contributed by atoms with E-state index < -0.39 is 18.5 Å². The van der Waals surface area contributed by atoms with Gasteiger partial charge in [-0.25, -0.2) is 0 Å². The quantitative estimate of drug-likeness (QED) is 0.231. The molecule has 1 aromatic carbocycles. The van der Waals surface area contributed by atoms with E-state index in [4.69, 9.17) is 18.9 Å². The molecule has 7 heteroatoms. The first-order chi connectivity index (χ1) is 14.1. The first kappa shape index (κ1) is 24.5. The zero-order valence-electron chi connectivity index (χ0n) is 17.3. The van der Waals surface area contributed by atoms with Gasteiger partial charge in [-0.15, -0.1) is 0 Å². The third-order valence-corrected chi connectivity index (χ3v) is 3.74. The van der Waals surface area contributed by atoms with Gasteiger partial charge in [-0.2, -0.15) is 0 Å². The smallest absolute Gasteiger partial charge is 0.291 e. The van der Waals surface area contributed by atoms with Crippen molar-refractivity contribution >= 4 is 12.2 Å². The van der Waals surface area contributed by atoms with Crippen LogP contribution in [0.1, 0.15) is 19.4 Å². The molecule has 1 radical (unpaired) electrons. The molecule has 29 heavy (non-hydrogen) atoms. The predicted octanol–water partition coefficient (Wildman–Crippen LogP) is 2.07. The van der Waals surface area contributed by atoms with E-state index in [1.807, 2.05) is 50.5 Å². The molecule has 0 unspecified atom stereocenters. The summed E-state index contributed by atoms with van der Waals surface area (Å²) < 4.78 is 20.8. The van der Waals surface area contributed by atoms with Gasteiger partial charge in [0.15, 0.2) is 0 Å². The molecule has 1 rings (SSSR count). The lowest BCUT2D eigenvalue weighted by Crippen LogP contribution is -2.38. The molecule has 0 aliphatic carbocycles. The lowest BCUT2D eigenvalue weighted by molar-refractivity contribution is -0.166. The van der Waals surface area contributed by atoms with Crippen molar-refractivity contribution in [1.29, 1.82) is 0 Å². The van der Waals surface area contributed by atoms with Crippen molar-refractivity contribution in [2.45, 2.75) is 32.8 Å². The maximum Gasteiger partial charge on any atom is 0.291 e. The molecule has 157 valence electrons. The molecule has 1 aromatic rings. The number of ether oxygens (including phenoxy) is 4. The highest BCUT2D eigenvalue weighted by Crippen LogP contribution is 2.07. The fourth-order valence-corrected chi connectivity index (χ4v) is 2.35. The highest BCUT2D eigenvalue weighted by atomic mass is 16.7. The summed E-state index contributed by atoms with van der Waals surface area (Å²) in [6, 6.07) is 12.2. The highest BCUT2D eigenvalue weighted by Gasteiger charge is 2.23. The Morgan fingerprint density at radius 3 is 2.24 bits per heavy atom. The van der Waals surface area contributed by atoms with E-state index >= 15 is 0 Å². The number of hydrogen-bond acceptors (Lipinski definition) is 6. The van der Waals surface area contributed by atoms with Crippen LogP contribution >= 0.6 is 0 Å². The number of methoxy groups -OCH3 is 2. The average molecular weight is 402 g/mol. The molecule has 0 aromatic heterocycles. The van der Waals surface area contributed by atoms with Crippen LogP contribution in [0.3, 0.4) is 0 Å². The Kier molecular flexibility index (Phi) is 12.3. The van der Waals surface area contributed by atoms with Gasteiger partial charge in [0.2, 0.25) is 18.9 Å². The Morgan fingerprint density at radius 1 is 1.10 bits per heavy atom. The van der Waals surface area contributed by atoms with Crippen LogP contribution < -0.4 is 0 Å². The summed E-state index contributed by atoms with van der Waals surface area (Å²) in [6.07, 6.45) is 2.04. The standard InChI is InChI=1S/C22H28NO6/c1-5-28-20(29-6-2)13-15-23(21(25)22(26-3)27-4)14-12-19(17-24)16-18-10-8-7-9-11-18/h7-12,20,22H,5-6,14,16H2,1-4H3/b19-12+. The fraction of sp³-hybridized carbons (Fsp3) is 0.455. The van der Waals surface area contributed by atoms with Crippen molar-refractivity contribution in [3.63, 3.8) is 0 Å². The number of benzene rings is 1. The lowest BCUT2D eigenvalue weighted by atomic mass is 10.1. The third kappa shape index (κ3) is 9.03. The number of amides is 1. The molecular weight excluding hydrogens is 374 g/mol. The van der Waals surface area contributed by atoms with Crippen LogP contribution in [0.25, 0.3) is 0 Å². The average Bonchev–Trinajstić information content (AvgIpc) is 2.74. The van der Waals surface area contributed by atoms with Gasteiger partial charge in [0.1, 0.15) is 0 Å². The molecule has 0 N–H and O–H groups in total. The summed E-state index contributed by atoms with van der Waals surface area (Å²) in [7, 11) is 2.72. The van der Waals surface area contributed by atoms with Crippen molar-refractivity contribution in [2.75, 3.05) is 34.0 Å². The summed E-state index contributed by atoms with van der Waals surface area (Å²) >= 11 is 0. The predicted molar refractivity (Wildman–Crippen MR) is 108 cm³/mol. The molecule has 1 amide bonds. The monoisotopic (exact) mass is 402 g/mol. The summed E-state index contributed by atoms with van der Waals surface area (Å²) in [4.78, 5) is 25.2. The van der Waals surface area contributed by atoms with E-state index in [-0.39, 0.29) is 6.54 Å². The van der Waals surface area contributed by atoms with Crippen LogP contribution in [0.2, 0.25) is 0 Å². The topological polar surface area (TPSA) is 74.3 Å². The number of carbonyl (C=O) groups excluding carboxylic acids is 2. The summed E-state index contributed by atoms with van der Waals surface area (Å²) in [6.45, 7) is 4.51. The Labute approximate surface area is 172 Å². The van der Waals surface area contributed by atoms with E-state index in [1.165, 1.54) is 19.1 Å². The first-order valence-electron chi connectivity index (χ1n) is 9.31. The second kappa shape index (κ2) is 14.5. The summed E-state index contributed by atoms with van der Waals surface area (Å²) in [5.74, 6) is 2.26. The summed E-state index contributed by atoms with van der Waals surface area (Å²) in [5, 5.41) is 0. The van der Waals surface area contributed by atoms with Gasteiger partial charge in [0.05, 0.1) is 6.54 Å². The number of carbonyl (C=O) groups is 1. The molecule has 0 saturated heterocycles. The van der Waals surface area contributed by atoms with Gasteiger partial charge in [0.25, 0.3) is 5.91 Å². The first-order valence-corrected chi connectivity index (χ1v) is 9.31. The van der Waals surface area contributed by atoms with Gasteiger partial charge < -0.3 is 18.9 Å². The van der Waals surface area contributed by atoms with E-state index in [1.54, 1.807) is 6.08 Å². The molecule has 0 heterocycles. The largest absolute Gasteiger partial charge is 0.348 e. The molecule has 0 saturated carbocycles.